The molecule has 0 bridgehead atoms. The minimum Gasteiger partial charge on any atom is -0.339 e. The van der Waals surface area contributed by atoms with E-state index >= 15 is 0 Å². The summed E-state index contributed by atoms with van der Waals surface area (Å²) in [6.07, 6.45) is 1.07. The van der Waals surface area contributed by atoms with Crippen LogP contribution in [-0.4, -0.2) is 22.7 Å². The van der Waals surface area contributed by atoms with Gasteiger partial charge in [0.2, 0.25) is 11.7 Å². The number of rotatable bonds is 6. The van der Waals surface area contributed by atoms with Gasteiger partial charge in [0.1, 0.15) is 5.82 Å². The van der Waals surface area contributed by atoms with Crippen LogP contribution in [-0.2, 0) is 0 Å². The normalized spacial score (nSPS) is 14.2. The van der Waals surface area contributed by atoms with Crippen LogP contribution in [0.25, 0.3) is 11.4 Å². The summed E-state index contributed by atoms with van der Waals surface area (Å²) in [4.78, 5) is 4.31. The van der Waals surface area contributed by atoms with Gasteiger partial charge in [-0.2, -0.15) is 4.98 Å². The molecule has 0 saturated heterocycles. The predicted octanol–water partition coefficient (Wildman–Crippen LogP) is 3.37. The largest absolute Gasteiger partial charge is 0.339 e. The molecule has 0 amide bonds. The van der Waals surface area contributed by atoms with E-state index in [2.05, 4.69) is 29.3 Å². The number of halogens is 1. The number of hydrogen-bond acceptors (Lipinski definition) is 4. The van der Waals surface area contributed by atoms with Crippen LogP contribution in [0.2, 0.25) is 0 Å². The van der Waals surface area contributed by atoms with Crippen LogP contribution in [0.1, 0.15) is 39.0 Å². The third-order valence-electron chi connectivity index (χ3n) is 3.41. The number of nitrogens with one attached hydrogen (secondary N) is 1. The average Bonchev–Trinajstić information content (AvgIpc) is 2.94. The molecule has 20 heavy (non-hydrogen) atoms. The van der Waals surface area contributed by atoms with Gasteiger partial charge in [0, 0.05) is 6.04 Å². The summed E-state index contributed by atoms with van der Waals surface area (Å²) >= 11 is 0. The molecule has 1 aromatic carbocycles. The van der Waals surface area contributed by atoms with E-state index in [1.54, 1.807) is 18.2 Å². The van der Waals surface area contributed by atoms with Crippen LogP contribution in [0.15, 0.2) is 28.8 Å². The number of benzene rings is 1. The van der Waals surface area contributed by atoms with Crippen molar-refractivity contribution in [3.63, 3.8) is 0 Å². The average molecular weight is 277 g/mol. The van der Waals surface area contributed by atoms with Crippen molar-refractivity contribution in [3.8, 4) is 11.4 Å². The molecule has 0 aliphatic carbocycles. The third-order valence-corrected chi connectivity index (χ3v) is 3.41. The lowest BCUT2D eigenvalue weighted by Gasteiger charge is -2.17. The van der Waals surface area contributed by atoms with Gasteiger partial charge < -0.3 is 9.84 Å². The fraction of sp³-hybridized carbons (Fsp3) is 0.467. The van der Waals surface area contributed by atoms with Gasteiger partial charge in [-0.3, -0.25) is 0 Å². The van der Waals surface area contributed by atoms with E-state index in [0.29, 0.717) is 17.3 Å². The Hall–Kier alpha value is -1.75. The highest BCUT2D eigenvalue weighted by molar-refractivity contribution is 5.54. The smallest absolute Gasteiger partial charge is 0.231 e. The van der Waals surface area contributed by atoms with Crippen molar-refractivity contribution in [2.24, 2.45) is 0 Å². The molecule has 0 aliphatic heterocycles. The molecule has 0 saturated carbocycles. The molecule has 1 aromatic heterocycles. The fourth-order valence-corrected chi connectivity index (χ4v) is 1.93. The van der Waals surface area contributed by atoms with Crippen LogP contribution < -0.4 is 5.32 Å². The van der Waals surface area contributed by atoms with Crippen molar-refractivity contribution in [2.75, 3.05) is 6.54 Å². The lowest BCUT2D eigenvalue weighted by Crippen LogP contribution is -2.31. The Bertz CT molecular complexity index is 556. The predicted molar refractivity (Wildman–Crippen MR) is 75.9 cm³/mol. The first kappa shape index (κ1) is 14.7. The zero-order valence-electron chi connectivity index (χ0n) is 12.1. The Morgan fingerprint density at radius 2 is 2.05 bits per heavy atom. The summed E-state index contributed by atoms with van der Waals surface area (Å²) in [5, 5.41) is 7.27. The summed E-state index contributed by atoms with van der Waals surface area (Å²) in [7, 11) is 0. The monoisotopic (exact) mass is 277 g/mol. The van der Waals surface area contributed by atoms with E-state index in [-0.39, 0.29) is 17.8 Å². The molecule has 1 heterocycles. The number of hydrogen-bond donors (Lipinski definition) is 1. The van der Waals surface area contributed by atoms with E-state index in [1.165, 1.54) is 6.07 Å². The van der Waals surface area contributed by atoms with E-state index < -0.39 is 0 Å². The van der Waals surface area contributed by atoms with Gasteiger partial charge in [-0.1, -0.05) is 31.1 Å². The molecule has 0 radical (unpaired) electrons. The van der Waals surface area contributed by atoms with Gasteiger partial charge in [-0.25, -0.2) is 4.39 Å². The molecule has 1 N–H and O–H groups in total. The van der Waals surface area contributed by atoms with Crippen LogP contribution in [0.3, 0.4) is 0 Å². The summed E-state index contributed by atoms with van der Waals surface area (Å²) in [5.41, 5.74) is 0.365. The lowest BCUT2D eigenvalue weighted by atomic mass is 10.0. The van der Waals surface area contributed by atoms with Crippen LogP contribution in [0.5, 0.6) is 0 Å². The Labute approximate surface area is 118 Å². The van der Waals surface area contributed by atoms with Crippen molar-refractivity contribution in [1.29, 1.82) is 0 Å². The first-order chi connectivity index (χ1) is 9.63. The molecule has 2 aromatic rings. The summed E-state index contributed by atoms with van der Waals surface area (Å²) in [5.74, 6) is 0.561. The Morgan fingerprint density at radius 3 is 2.75 bits per heavy atom. The lowest BCUT2D eigenvalue weighted by molar-refractivity contribution is 0.331. The Morgan fingerprint density at radius 1 is 1.30 bits per heavy atom. The second-order valence-corrected chi connectivity index (χ2v) is 4.97. The summed E-state index contributed by atoms with van der Waals surface area (Å²) < 4.78 is 18.9. The van der Waals surface area contributed by atoms with E-state index in [9.17, 15) is 4.39 Å². The molecule has 5 heteroatoms. The highest BCUT2D eigenvalue weighted by atomic mass is 19.1. The van der Waals surface area contributed by atoms with E-state index in [1.807, 2.05) is 6.92 Å². The van der Waals surface area contributed by atoms with Gasteiger partial charge in [-0.05, 0) is 32.0 Å². The molecule has 0 spiro atoms. The summed E-state index contributed by atoms with van der Waals surface area (Å²) in [6.45, 7) is 7.16. The number of aromatic nitrogens is 2. The van der Waals surface area contributed by atoms with Gasteiger partial charge in [0.05, 0.1) is 11.5 Å². The number of nitrogens with zero attached hydrogens (tertiary/aromatic N) is 2. The maximum Gasteiger partial charge on any atom is 0.231 e. The van der Waals surface area contributed by atoms with Crippen LogP contribution in [0.4, 0.5) is 4.39 Å². The topological polar surface area (TPSA) is 51.0 Å². The molecule has 0 fully saturated rings. The molecular formula is C15H20FN3O. The van der Waals surface area contributed by atoms with E-state index in [0.717, 1.165) is 13.0 Å². The van der Waals surface area contributed by atoms with Crippen LogP contribution in [0, 0.1) is 5.82 Å². The standard InChI is InChI=1S/C15H20FN3O/c1-4-9-17-11(3)10(2)15-18-14(19-20-15)12-7-5-6-8-13(12)16/h5-8,10-11,17H,4,9H2,1-3H3. The molecule has 108 valence electrons. The second-order valence-electron chi connectivity index (χ2n) is 4.97. The van der Waals surface area contributed by atoms with Crippen molar-refractivity contribution in [3.05, 3.63) is 36.0 Å². The fourth-order valence-electron chi connectivity index (χ4n) is 1.93. The zero-order valence-corrected chi connectivity index (χ0v) is 12.1. The highest BCUT2D eigenvalue weighted by Gasteiger charge is 2.21. The first-order valence-corrected chi connectivity index (χ1v) is 6.95. The molecular weight excluding hydrogens is 257 g/mol. The second kappa shape index (κ2) is 6.61. The Kier molecular flexibility index (Phi) is 4.84. The summed E-state index contributed by atoms with van der Waals surface area (Å²) in [6, 6.07) is 6.65. The van der Waals surface area contributed by atoms with Gasteiger partial charge >= 0.3 is 0 Å². The third kappa shape index (κ3) is 3.22. The Balaban J connectivity index is 2.15. The maximum absolute atomic E-state index is 13.7. The van der Waals surface area contributed by atoms with Gasteiger partial charge in [0.25, 0.3) is 0 Å². The molecule has 4 nitrogen and oxygen atoms in total. The van der Waals surface area contributed by atoms with Crippen molar-refractivity contribution in [1.82, 2.24) is 15.5 Å². The molecule has 2 unspecified atom stereocenters. The van der Waals surface area contributed by atoms with Crippen molar-refractivity contribution < 1.29 is 8.91 Å². The van der Waals surface area contributed by atoms with Crippen LogP contribution >= 0.6 is 0 Å². The minimum atomic E-state index is -0.343. The van der Waals surface area contributed by atoms with Gasteiger partial charge in [0.15, 0.2) is 0 Å². The van der Waals surface area contributed by atoms with E-state index in [4.69, 9.17) is 4.52 Å². The zero-order chi connectivity index (χ0) is 14.5. The van der Waals surface area contributed by atoms with Crippen molar-refractivity contribution >= 4 is 0 Å². The first-order valence-electron chi connectivity index (χ1n) is 6.95. The minimum absolute atomic E-state index is 0.0783. The maximum atomic E-state index is 13.7. The highest BCUT2D eigenvalue weighted by Crippen LogP contribution is 2.23. The van der Waals surface area contributed by atoms with Gasteiger partial charge in [-0.15, -0.1) is 0 Å². The molecule has 2 atom stereocenters. The quantitative estimate of drug-likeness (QED) is 0.879. The molecule has 2 rings (SSSR count). The molecule has 0 aliphatic rings. The SMILES string of the molecule is CCCNC(C)C(C)c1nc(-c2ccccc2F)no1. The van der Waals surface area contributed by atoms with Crippen molar-refractivity contribution in [2.45, 2.75) is 39.2 Å².